The van der Waals surface area contributed by atoms with Gasteiger partial charge in [-0.1, -0.05) is 18.2 Å². The molecule has 0 saturated carbocycles. The van der Waals surface area contributed by atoms with Gasteiger partial charge in [0.25, 0.3) is 5.91 Å². The molecule has 1 aromatic carbocycles. The van der Waals surface area contributed by atoms with Crippen molar-refractivity contribution in [1.82, 2.24) is 9.97 Å². The van der Waals surface area contributed by atoms with Gasteiger partial charge in [0.1, 0.15) is 5.69 Å². The smallest absolute Gasteiger partial charge is 0.259 e. The number of anilines is 1. The van der Waals surface area contributed by atoms with Crippen molar-refractivity contribution in [2.75, 3.05) is 5.32 Å². The maximum absolute atomic E-state index is 12.2. The Kier molecular flexibility index (Phi) is 3.08. The van der Waals surface area contributed by atoms with E-state index in [1.165, 1.54) is 18.3 Å². The molecule has 5 nitrogen and oxygen atoms in total. The van der Waals surface area contributed by atoms with Gasteiger partial charge in [0.2, 0.25) is 0 Å². The van der Waals surface area contributed by atoms with Gasteiger partial charge in [-0.15, -0.1) is 11.3 Å². The lowest BCUT2D eigenvalue weighted by Crippen LogP contribution is -2.11. The zero-order valence-corrected chi connectivity index (χ0v) is 11.5. The van der Waals surface area contributed by atoms with Crippen molar-refractivity contribution < 1.29 is 9.59 Å². The first kappa shape index (κ1) is 12.6. The highest BCUT2D eigenvalue weighted by molar-refractivity contribution is 7.14. The molecule has 2 N–H and O–H groups in total. The minimum atomic E-state index is -0.244. The average Bonchev–Trinajstić information content (AvgIpc) is 3.04. The fourth-order valence-corrected chi connectivity index (χ4v) is 2.66. The summed E-state index contributed by atoms with van der Waals surface area (Å²) in [5, 5.41) is 5.62. The Bertz CT molecular complexity index is 803. The zero-order chi connectivity index (χ0) is 14.1. The lowest BCUT2D eigenvalue weighted by atomic mass is 10.2. The highest BCUT2D eigenvalue weighted by atomic mass is 32.1. The predicted molar refractivity (Wildman–Crippen MR) is 78.4 cm³/mol. The molecule has 3 aromatic rings. The zero-order valence-electron chi connectivity index (χ0n) is 10.6. The Morgan fingerprint density at radius 2 is 2.10 bits per heavy atom. The molecule has 0 radical (unpaired) electrons. The normalized spacial score (nSPS) is 10.7. The molecule has 0 fully saturated rings. The number of rotatable bonds is 3. The minimum absolute atomic E-state index is 0.117. The van der Waals surface area contributed by atoms with Crippen molar-refractivity contribution in [3.05, 3.63) is 47.1 Å². The van der Waals surface area contributed by atoms with Crippen LogP contribution in [-0.4, -0.2) is 21.7 Å². The first-order valence-corrected chi connectivity index (χ1v) is 6.87. The molecule has 1 amide bonds. The third kappa shape index (κ3) is 2.21. The van der Waals surface area contributed by atoms with Gasteiger partial charge in [-0.05, 0) is 6.07 Å². The van der Waals surface area contributed by atoms with Gasteiger partial charge in [0, 0.05) is 29.4 Å². The molecule has 100 valence electrons. The molecule has 20 heavy (non-hydrogen) atoms. The SMILES string of the molecule is CC(=O)c1csc(NC(=O)c2c[nH]c3ccccc23)n1. The van der Waals surface area contributed by atoms with Gasteiger partial charge < -0.3 is 4.98 Å². The van der Waals surface area contributed by atoms with E-state index in [9.17, 15) is 9.59 Å². The summed E-state index contributed by atoms with van der Waals surface area (Å²) in [6, 6.07) is 7.57. The molecule has 0 spiro atoms. The van der Waals surface area contributed by atoms with Crippen molar-refractivity contribution in [3.63, 3.8) is 0 Å². The highest BCUT2D eigenvalue weighted by Crippen LogP contribution is 2.21. The largest absolute Gasteiger partial charge is 0.360 e. The summed E-state index contributed by atoms with van der Waals surface area (Å²) in [5.74, 6) is -0.360. The summed E-state index contributed by atoms with van der Waals surface area (Å²) in [6.07, 6.45) is 1.67. The van der Waals surface area contributed by atoms with Crippen LogP contribution in [0.3, 0.4) is 0 Å². The standard InChI is InChI=1S/C14H11N3O2S/c1-8(18)12-7-20-14(16-12)17-13(19)10-6-15-11-5-3-2-4-9(10)11/h2-7,15H,1H3,(H,16,17,19). The van der Waals surface area contributed by atoms with Gasteiger partial charge >= 0.3 is 0 Å². The molecular weight excluding hydrogens is 274 g/mol. The van der Waals surface area contributed by atoms with Gasteiger partial charge in [0.15, 0.2) is 10.9 Å². The number of fused-ring (bicyclic) bond motifs is 1. The van der Waals surface area contributed by atoms with Gasteiger partial charge in [0.05, 0.1) is 5.56 Å². The third-order valence-electron chi connectivity index (χ3n) is 2.92. The van der Waals surface area contributed by atoms with E-state index in [4.69, 9.17) is 0 Å². The number of benzene rings is 1. The molecule has 0 aliphatic rings. The molecule has 0 atom stereocenters. The second kappa shape index (κ2) is 4.90. The first-order chi connectivity index (χ1) is 9.65. The number of aromatic amines is 1. The molecule has 0 bridgehead atoms. The number of carbonyl (C=O) groups is 2. The maximum Gasteiger partial charge on any atom is 0.259 e. The molecule has 0 aliphatic heterocycles. The Labute approximate surface area is 118 Å². The minimum Gasteiger partial charge on any atom is -0.360 e. The van der Waals surface area contributed by atoms with Crippen molar-refractivity contribution in [1.29, 1.82) is 0 Å². The van der Waals surface area contributed by atoms with Crippen LogP contribution in [0.15, 0.2) is 35.8 Å². The van der Waals surface area contributed by atoms with Crippen LogP contribution in [0, 0.1) is 0 Å². The van der Waals surface area contributed by atoms with Crippen molar-refractivity contribution in [2.45, 2.75) is 6.92 Å². The van der Waals surface area contributed by atoms with Crippen molar-refractivity contribution >= 4 is 39.1 Å². The molecular formula is C14H11N3O2S. The van der Waals surface area contributed by atoms with Crippen LogP contribution < -0.4 is 5.32 Å². The van der Waals surface area contributed by atoms with Gasteiger partial charge in [-0.2, -0.15) is 0 Å². The average molecular weight is 285 g/mol. The Morgan fingerprint density at radius 3 is 2.85 bits per heavy atom. The number of ketones is 1. The molecule has 2 heterocycles. The first-order valence-electron chi connectivity index (χ1n) is 5.99. The highest BCUT2D eigenvalue weighted by Gasteiger charge is 2.14. The monoisotopic (exact) mass is 285 g/mol. The van der Waals surface area contributed by atoms with Gasteiger partial charge in [-0.3, -0.25) is 14.9 Å². The summed E-state index contributed by atoms with van der Waals surface area (Å²) < 4.78 is 0. The van der Waals surface area contributed by atoms with E-state index >= 15 is 0 Å². The molecule has 6 heteroatoms. The van der Waals surface area contributed by atoms with E-state index in [-0.39, 0.29) is 11.7 Å². The van der Waals surface area contributed by atoms with Crippen molar-refractivity contribution in [3.8, 4) is 0 Å². The quantitative estimate of drug-likeness (QED) is 0.726. The lowest BCUT2D eigenvalue weighted by molar-refractivity contribution is 0.100. The number of amides is 1. The number of Topliss-reactive ketones (excluding diaryl/α,β-unsaturated/α-hetero) is 1. The summed E-state index contributed by atoms with van der Waals surface area (Å²) in [6.45, 7) is 1.44. The number of nitrogens with one attached hydrogen (secondary N) is 2. The summed E-state index contributed by atoms with van der Waals surface area (Å²) in [5.41, 5.74) is 1.82. The maximum atomic E-state index is 12.2. The van der Waals surface area contributed by atoms with Crippen LogP contribution in [0.4, 0.5) is 5.13 Å². The van der Waals surface area contributed by atoms with Crippen LogP contribution >= 0.6 is 11.3 Å². The number of nitrogens with zero attached hydrogens (tertiary/aromatic N) is 1. The molecule has 0 saturated heterocycles. The van der Waals surface area contributed by atoms with Crippen LogP contribution in [-0.2, 0) is 0 Å². The van der Waals surface area contributed by atoms with Crippen LogP contribution in [0.1, 0.15) is 27.8 Å². The summed E-state index contributed by atoms with van der Waals surface area (Å²) >= 11 is 1.23. The van der Waals surface area contributed by atoms with Crippen LogP contribution in [0.25, 0.3) is 10.9 Å². The van der Waals surface area contributed by atoms with Crippen LogP contribution in [0.2, 0.25) is 0 Å². The van der Waals surface area contributed by atoms with E-state index in [1.54, 1.807) is 11.6 Å². The van der Waals surface area contributed by atoms with E-state index in [1.807, 2.05) is 24.3 Å². The number of H-pyrrole nitrogens is 1. The molecule has 0 unspecified atom stereocenters. The fraction of sp³-hybridized carbons (Fsp3) is 0.0714. The molecule has 3 rings (SSSR count). The number of carbonyl (C=O) groups excluding carboxylic acids is 2. The number of hydrogen-bond donors (Lipinski definition) is 2. The summed E-state index contributed by atoms with van der Waals surface area (Å²) in [4.78, 5) is 30.5. The predicted octanol–water partition coefficient (Wildman–Crippen LogP) is 3.08. The summed E-state index contributed by atoms with van der Waals surface area (Å²) in [7, 11) is 0. The fourth-order valence-electron chi connectivity index (χ4n) is 1.92. The lowest BCUT2D eigenvalue weighted by Gasteiger charge is -1.99. The third-order valence-corrected chi connectivity index (χ3v) is 3.68. The van der Waals surface area contributed by atoms with E-state index in [0.717, 1.165) is 10.9 Å². The van der Waals surface area contributed by atoms with E-state index < -0.39 is 0 Å². The van der Waals surface area contributed by atoms with E-state index in [0.29, 0.717) is 16.4 Å². The van der Waals surface area contributed by atoms with Crippen LogP contribution in [0.5, 0.6) is 0 Å². The Balaban J connectivity index is 1.87. The second-order valence-corrected chi connectivity index (χ2v) is 5.15. The van der Waals surface area contributed by atoms with Gasteiger partial charge in [-0.25, -0.2) is 4.98 Å². The number of aromatic nitrogens is 2. The number of hydrogen-bond acceptors (Lipinski definition) is 4. The number of thiazole rings is 1. The number of para-hydroxylation sites is 1. The molecule has 0 aliphatic carbocycles. The second-order valence-electron chi connectivity index (χ2n) is 4.30. The van der Waals surface area contributed by atoms with Crippen molar-refractivity contribution in [2.24, 2.45) is 0 Å². The Hall–Kier alpha value is -2.47. The van der Waals surface area contributed by atoms with E-state index in [2.05, 4.69) is 15.3 Å². The molecule has 2 aromatic heterocycles. The Morgan fingerprint density at radius 1 is 1.30 bits per heavy atom. The topological polar surface area (TPSA) is 74.8 Å².